The molecule has 3 aromatic rings. The number of pyridine rings is 1. The molecule has 9 rings (SSSR count). The Balaban J connectivity index is 0.699. The number of likely N-dealkylation sites (tertiary alicyclic amines) is 1. The van der Waals surface area contributed by atoms with Crippen molar-refractivity contribution in [3.8, 4) is 6.07 Å². The van der Waals surface area contributed by atoms with Crippen LogP contribution < -0.4 is 25.3 Å². The molecule has 5 fully saturated rings. The van der Waals surface area contributed by atoms with Crippen LogP contribution in [0.2, 0.25) is 0 Å². The minimum absolute atomic E-state index is 0.0849. The van der Waals surface area contributed by atoms with Crippen molar-refractivity contribution in [3.05, 3.63) is 77.0 Å². The van der Waals surface area contributed by atoms with Gasteiger partial charge in [-0.25, -0.2) is 4.98 Å². The number of hydrogen-bond acceptors (Lipinski definition) is 11. The quantitative estimate of drug-likeness (QED) is 0.278. The van der Waals surface area contributed by atoms with Crippen molar-refractivity contribution >= 4 is 52.4 Å². The lowest BCUT2D eigenvalue weighted by Gasteiger charge is -2.55. The van der Waals surface area contributed by atoms with Gasteiger partial charge in [0.25, 0.3) is 11.8 Å². The second-order valence-electron chi connectivity index (χ2n) is 18.5. The van der Waals surface area contributed by atoms with Gasteiger partial charge in [0.15, 0.2) is 0 Å². The molecule has 6 aliphatic heterocycles. The third-order valence-electron chi connectivity index (χ3n) is 14.4. The normalized spacial score (nSPS) is 22.7. The molecule has 0 radical (unpaired) electrons. The van der Waals surface area contributed by atoms with Crippen LogP contribution in [0.3, 0.4) is 0 Å². The molecule has 0 saturated carbocycles. The number of rotatable bonds is 8. The summed E-state index contributed by atoms with van der Waals surface area (Å²) in [5.41, 5.74) is 1.09. The topological polar surface area (TPSA) is 162 Å². The molecule has 17 heteroatoms. The van der Waals surface area contributed by atoms with Gasteiger partial charge in [0.1, 0.15) is 11.9 Å². The Morgan fingerprint density at radius 1 is 0.825 bits per heavy atom. The van der Waals surface area contributed by atoms with E-state index in [0.717, 1.165) is 93.8 Å². The maximum atomic E-state index is 13.5. The summed E-state index contributed by atoms with van der Waals surface area (Å²) in [4.78, 5) is 78.6. The van der Waals surface area contributed by atoms with Crippen LogP contribution in [0.1, 0.15) is 90.1 Å². The van der Waals surface area contributed by atoms with Crippen LogP contribution in [-0.2, 0) is 20.6 Å². The molecule has 1 aromatic heterocycles. The highest BCUT2D eigenvalue weighted by molar-refractivity contribution is 6.23. The van der Waals surface area contributed by atoms with E-state index in [9.17, 15) is 37.1 Å². The first-order valence-electron chi connectivity index (χ1n) is 21.8. The van der Waals surface area contributed by atoms with Crippen LogP contribution in [-0.4, -0.2) is 109 Å². The molecule has 14 nitrogen and oxygen atoms in total. The van der Waals surface area contributed by atoms with E-state index in [2.05, 4.69) is 30.3 Å². The van der Waals surface area contributed by atoms with Crippen LogP contribution in [0.5, 0.6) is 0 Å². The molecule has 5 amide bonds. The number of hydrogen-bond donors (Lipinski definition) is 2. The number of nitrogens with one attached hydrogen (secondary N) is 2. The Morgan fingerprint density at radius 3 is 2.08 bits per heavy atom. The van der Waals surface area contributed by atoms with Crippen molar-refractivity contribution in [2.24, 2.45) is 16.7 Å². The number of carbonyl (C=O) groups excluding carboxylic acids is 5. The number of nitrogens with zero attached hydrogens (tertiary/aromatic N) is 7. The van der Waals surface area contributed by atoms with Gasteiger partial charge in [0, 0.05) is 76.7 Å². The summed E-state index contributed by atoms with van der Waals surface area (Å²) in [6.45, 7) is 9.46. The SMILES string of the molecule is CC1(C(=O)Nc2ccc(N3CCC(CN4CC5(CCN(c6ccc7c(c6)C(=O)N(C6CCC(=O)NC6=O)C7=O)CC5)C4)CC3)cn2)CCN(c2ccc(C#N)c(C(F)(F)F)c2)CC1. The number of alkyl halides is 3. The third kappa shape index (κ3) is 8.21. The highest BCUT2D eigenvalue weighted by Gasteiger charge is 2.47. The van der Waals surface area contributed by atoms with Crippen molar-refractivity contribution in [2.75, 3.05) is 78.9 Å². The number of aromatic nitrogens is 1. The van der Waals surface area contributed by atoms with Gasteiger partial charge in [-0.05, 0) is 105 Å². The molecule has 2 aromatic carbocycles. The molecule has 7 heterocycles. The van der Waals surface area contributed by atoms with E-state index in [-0.39, 0.29) is 24.2 Å². The molecule has 5 saturated heterocycles. The lowest BCUT2D eigenvalue weighted by Crippen LogP contribution is -2.61. The van der Waals surface area contributed by atoms with Gasteiger partial charge in [-0.15, -0.1) is 0 Å². The lowest BCUT2D eigenvalue weighted by molar-refractivity contribution is -0.138. The minimum Gasteiger partial charge on any atom is -0.371 e. The van der Waals surface area contributed by atoms with E-state index in [0.29, 0.717) is 54.5 Å². The van der Waals surface area contributed by atoms with E-state index >= 15 is 0 Å². The molecule has 1 unspecified atom stereocenters. The summed E-state index contributed by atoms with van der Waals surface area (Å²) < 4.78 is 40.6. The fraction of sp³-hybridized carbons (Fsp3) is 0.500. The van der Waals surface area contributed by atoms with Gasteiger partial charge in [-0.2, -0.15) is 18.4 Å². The Labute approximate surface area is 363 Å². The molecule has 2 N–H and O–H groups in total. The van der Waals surface area contributed by atoms with Gasteiger partial charge in [-0.3, -0.25) is 34.2 Å². The number of piperidine rings is 4. The maximum absolute atomic E-state index is 13.5. The van der Waals surface area contributed by atoms with Crippen molar-refractivity contribution in [1.82, 2.24) is 20.1 Å². The first-order valence-corrected chi connectivity index (χ1v) is 21.8. The van der Waals surface area contributed by atoms with E-state index < -0.39 is 52.4 Å². The van der Waals surface area contributed by atoms with E-state index in [1.165, 1.54) is 12.1 Å². The summed E-state index contributed by atoms with van der Waals surface area (Å²) >= 11 is 0. The molecular formula is C46H50F3N9O5. The zero-order valence-electron chi connectivity index (χ0n) is 35.2. The second kappa shape index (κ2) is 16.3. The number of benzene rings is 2. The standard InChI is InChI=1S/C46H50F3N9O5/c1-44(12-18-56(19-13-44)32-3-2-30(24-50)36(23-32)46(47,48)49)43(63)52-38-8-5-33(25-51-38)55-16-10-29(11-17-55)26-54-27-45(28-54)14-20-57(21-15-45)31-4-6-34-35(22-31)42(62)58(41(34)61)37-7-9-39(59)53-40(37)60/h2-6,8,22-23,25,29,37H,7,9-21,26-28H2,1H3,(H,51,52,63)(H,53,59,60). The first-order chi connectivity index (χ1) is 30.1. The largest absolute Gasteiger partial charge is 0.417 e. The number of halogens is 3. The molecule has 0 aliphatic carbocycles. The Morgan fingerprint density at radius 2 is 1.44 bits per heavy atom. The highest BCUT2D eigenvalue weighted by Crippen LogP contribution is 2.43. The smallest absolute Gasteiger partial charge is 0.371 e. The summed E-state index contributed by atoms with van der Waals surface area (Å²) in [6.07, 6.45) is 2.52. The van der Waals surface area contributed by atoms with Gasteiger partial charge in [0.05, 0.1) is 45.6 Å². The Kier molecular flexibility index (Phi) is 10.9. The van der Waals surface area contributed by atoms with Gasteiger partial charge >= 0.3 is 6.18 Å². The molecule has 63 heavy (non-hydrogen) atoms. The monoisotopic (exact) mass is 865 g/mol. The van der Waals surface area contributed by atoms with Crippen LogP contribution in [0.15, 0.2) is 54.7 Å². The van der Waals surface area contributed by atoms with Crippen molar-refractivity contribution in [3.63, 3.8) is 0 Å². The Hall–Kier alpha value is -6.02. The predicted molar refractivity (Wildman–Crippen MR) is 227 cm³/mol. The zero-order chi connectivity index (χ0) is 44.3. The predicted octanol–water partition coefficient (Wildman–Crippen LogP) is 5.44. The average Bonchev–Trinajstić information content (AvgIpc) is 3.51. The summed E-state index contributed by atoms with van der Waals surface area (Å²) in [6, 6.07) is 13.5. The Bertz CT molecular complexity index is 2370. The number of fused-ring (bicyclic) bond motifs is 1. The van der Waals surface area contributed by atoms with Gasteiger partial charge in [0.2, 0.25) is 17.7 Å². The molecule has 1 atom stereocenters. The first kappa shape index (κ1) is 42.3. The lowest BCUT2D eigenvalue weighted by atomic mass is 9.71. The summed E-state index contributed by atoms with van der Waals surface area (Å²) in [5, 5.41) is 14.3. The van der Waals surface area contributed by atoms with E-state index in [1.54, 1.807) is 24.4 Å². The molecular weight excluding hydrogens is 816 g/mol. The summed E-state index contributed by atoms with van der Waals surface area (Å²) in [5.74, 6) is -1.10. The molecule has 330 valence electrons. The van der Waals surface area contributed by atoms with Gasteiger partial charge in [-0.1, -0.05) is 6.92 Å². The number of carbonyl (C=O) groups is 5. The van der Waals surface area contributed by atoms with Crippen LogP contribution in [0.4, 0.5) is 36.1 Å². The third-order valence-corrected chi connectivity index (χ3v) is 14.4. The molecule has 1 spiro atoms. The fourth-order valence-electron chi connectivity index (χ4n) is 10.4. The molecule has 6 aliphatic rings. The van der Waals surface area contributed by atoms with Crippen molar-refractivity contribution in [2.45, 2.75) is 70.5 Å². The highest BCUT2D eigenvalue weighted by atomic mass is 19.4. The van der Waals surface area contributed by atoms with Crippen LogP contribution >= 0.6 is 0 Å². The number of nitriles is 1. The van der Waals surface area contributed by atoms with E-state index in [4.69, 9.17) is 5.26 Å². The maximum Gasteiger partial charge on any atom is 0.417 e. The minimum atomic E-state index is -4.63. The number of imide groups is 2. The second-order valence-corrected chi connectivity index (χ2v) is 18.5. The average molecular weight is 866 g/mol. The van der Waals surface area contributed by atoms with Crippen LogP contribution in [0, 0.1) is 28.1 Å². The van der Waals surface area contributed by atoms with Crippen molar-refractivity contribution in [1.29, 1.82) is 5.26 Å². The zero-order valence-corrected chi connectivity index (χ0v) is 35.2. The summed E-state index contributed by atoms with van der Waals surface area (Å²) in [7, 11) is 0. The van der Waals surface area contributed by atoms with Gasteiger partial charge < -0.3 is 24.9 Å². The number of amides is 5. The van der Waals surface area contributed by atoms with Crippen molar-refractivity contribution < 1.29 is 37.1 Å². The fourth-order valence-corrected chi connectivity index (χ4v) is 10.4. The van der Waals surface area contributed by atoms with Crippen LogP contribution in [0.25, 0.3) is 0 Å². The molecule has 0 bridgehead atoms. The van der Waals surface area contributed by atoms with E-state index in [1.807, 2.05) is 30.0 Å². The number of anilines is 4.